The van der Waals surface area contributed by atoms with E-state index >= 15 is 0 Å². The van der Waals surface area contributed by atoms with Gasteiger partial charge in [0.1, 0.15) is 4.90 Å². The summed E-state index contributed by atoms with van der Waals surface area (Å²) in [6.45, 7) is 4.34. The molecule has 0 aromatic heterocycles. The average Bonchev–Trinajstić information content (AvgIpc) is 2.20. The van der Waals surface area contributed by atoms with Gasteiger partial charge < -0.3 is 5.73 Å². The number of anilines is 1. The Kier molecular flexibility index (Phi) is 4.41. The van der Waals surface area contributed by atoms with Crippen molar-refractivity contribution in [3.8, 4) is 0 Å². The van der Waals surface area contributed by atoms with Gasteiger partial charge in [0.05, 0.1) is 5.69 Å². The second kappa shape index (κ2) is 5.25. The summed E-state index contributed by atoms with van der Waals surface area (Å²) in [5.74, 6) is 0.246. The van der Waals surface area contributed by atoms with Crippen LogP contribution in [-0.2, 0) is 10.0 Å². The lowest BCUT2D eigenvalue weighted by Crippen LogP contribution is -2.30. The molecule has 0 aliphatic carbocycles. The molecule has 0 saturated heterocycles. The molecule has 17 heavy (non-hydrogen) atoms. The molecule has 2 N–H and O–H groups in total. The van der Waals surface area contributed by atoms with Crippen molar-refractivity contribution >= 4 is 27.3 Å². The average molecular weight is 277 g/mol. The van der Waals surface area contributed by atoms with E-state index in [1.54, 1.807) is 6.07 Å². The fourth-order valence-corrected chi connectivity index (χ4v) is 3.22. The number of hydrogen-bond acceptors (Lipinski definition) is 3. The Bertz CT molecular complexity index is 500. The van der Waals surface area contributed by atoms with Crippen molar-refractivity contribution in [1.82, 2.24) is 4.31 Å². The van der Waals surface area contributed by atoms with Crippen LogP contribution in [0.5, 0.6) is 0 Å². The molecule has 0 unspecified atom stereocenters. The zero-order chi connectivity index (χ0) is 13.2. The molecule has 0 atom stereocenters. The predicted molar refractivity (Wildman–Crippen MR) is 70.5 cm³/mol. The van der Waals surface area contributed by atoms with Crippen LogP contribution in [-0.4, -0.2) is 26.3 Å². The van der Waals surface area contributed by atoms with Gasteiger partial charge in [-0.3, -0.25) is 0 Å². The van der Waals surface area contributed by atoms with Crippen molar-refractivity contribution in [3.63, 3.8) is 0 Å². The van der Waals surface area contributed by atoms with Crippen molar-refractivity contribution in [2.75, 3.05) is 19.3 Å². The third kappa shape index (κ3) is 3.34. The van der Waals surface area contributed by atoms with Crippen molar-refractivity contribution in [2.45, 2.75) is 18.7 Å². The summed E-state index contributed by atoms with van der Waals surface area (Å²) in [5, 5.41) is 0.357. The summed E-state index contributed by atoms with van der Waals surface area (Å²) in [4.78, 5) is 0.0631. The van der Waals surface area contributed by atoms with Gasteiger partial charge >= 0.3 is 0 Å². The summed E-state index contributed by atoms with van der Waals surface area (Å²) >= 11 is 5.79. The molecule has 0 heterocycles. The van der Waals surface area contributed by atoms with Gasteiger partial charge in [0.15, 0.2) is 0 Å². The first kappa shape index (κ1) is 14.3. The van der Waals surface area contributed by atoms with Crippen LogP contribution in [0.1, 0.15) is 13.8 Å². The standard InChI is InChI=1S/C11H17ClN2O2S/c1-8(2)7-14(3)17(15,16)11-6-9(12)4-5-10(11)13/h4-6,8H,7,13H2,1-3H3. The smallest absolute Gasteiger partial charge is 0.244 e. The number of sulfonamides is 1. The minimum atomic E-state index is -3.56. The molecular weight excluding hydrogens is 260 g/mol. The fraction of sp³-hybridized carbons (Fsp3) is 0.455. The zero-order valence-electron chi connectivity index (χ0n) is 10.1. The molecular formula is C11H17ClN2O2S. The van der Waals surface area contributed by atoms with E-state index < -0.39 is 10.0 Å². The Morgan fingerprint density at radius 2 is 2.00 bits per heavy atom. The first-order valence-electron chi connectivity index (χ1n) is 5.26. The Balaban J connectivity index is 3.17. The SMILES string of the molecule is CC(C)CN(C)S(=O)(=O)c1cc(Cl)ccc1N. The fourth-order valence-electron chi connectivity index (χ4n) is 1.51. The Labute approximate surface area is 107 Å². The number of hydrogen-bond donors (Lipinski definition) is 1. The Hall–Kier alpha value is -0.780. The normalized spacial score (nSPS) is 12.4. The maximum absolute atomic E-state index is 12.2. The molecule has 0 bridgehead atoms. The second-order valence-corrected chi connectivity index (χ2v) is 6.81. The highest BCUT2D eigenvalue weighted by atomic mass is 35.5. The van der Waals surface area contributed by atoms with Gasteiger partial charge in [-0.2, -0.15) is 0 Å². The van der Waals surface area contributed by atoms with E-state index in [0.717, 1.165) is 0 Å². The van der Waals surface area contributed by atoms with Gasteiger partial charge in [-0.25, -0.2) is 12.7 Å². The molecule has 0 radical (unpaired) electrons. The van der Waals surface area contributed by atoms with Crippen LogP contribution in [0.3, 0.4) is 0 Å². The first-order valence-corrected chi connectivity index (χ1v) is 7.08. The van der Waals surface area contributed by atoms with E-state index in [4.69, 9.17) is 17.3 Å². The van der Waals surface area contributed by atoms with Crippen LogP contribution >= 0.6 is 11.6 Å². The summed E-state index contributed by atoms with van der Waals surface area (Å²) in [5.41, 5.74) is 5.89. The third-order valence-electron chi connectivity index (χ3n) is 2.29. The molecule has 0 saturated carbocycles. The number of benzene rings is 1. The van der Waals surface area contributed by atoms with Crippen LogP contribution in [0.25, 0.3) is 0 Å². The number of nitrogen functional groups attached to an aromatic ring is 1. The Morgan fingerprint density at radius 1 is 1.41 bits per heavy atom. The van der Waals surface area contributed by atoms with Crippen LogP contribution in [0.4, 0.5) is 5.69 Å². The van der Waals surface area contributed by atoms with Crippen molar-refractivity contribution < 1.29 is 8.42 Å². The van der Waals surface area contributed by atoms with Gasteiger partial charge in [0.25, 0.3) is 0 Å². The van der Waals surface area contributed by atoms with Gasteiger partial charge in [0, 0.05) is 18.6 Å². The maximum Gasteiger partial charge on any atom is 0.244 e. The van der Waals surface area contributed by atoms with Crippen LogP contribution in [0, 0.1) is 5.92 Å². The predicted octanol–water partition coefficient (Wildman–Crippen LogP) is 2.20. The highest BCUT2D eigenvalue weighted by Gasteiger charge is 2.23. The van der Waals surface area contributed by atoms with Crippen LogP contribution in [0.2, 0.25) is 5.02 Å². The van der Waals surface area contributed by atoms with Gasteiger partial charge in [-0.05, 0) is 24.1 Å². The highest BCUT2D eigenvalue weighted by Crippen LogP contribution is 2.25. The van der Waals surface area contributed by atoms with Gasteiger partial charge in [-0.15, -0.1) is 0 Å². The summed E-state index contributed by atoms with van der Waals surface area (Å²) in [6, 6.07) is 4.44. The van der Waals surface area contributed by atoms with Crippen molar-refractivity contribution in [2.24, 2.45) is 5.92 Å². The third-order valence-corrected chi connectivity index (χ3v) is 4.40. The lowest BCUT2D eigenvalue weighted by molar-refractivity contribution is 0.417. The molecule has 1 rings (SSSR count). The number of halogens is 1. The zero-order valence-corrected chi connectivity index (χ0v) is 11.7. The molecule has 4 nitrogen and oxygen atoms in total. The summed E-state index contributed by atoms with van der Waals surface area (Å²) in [6.07, 6.45) is 0. The molecule has 1 aromatic carbocycles. The van der Waals surface area contributed by atoms with Gasteiger partial charge in [-0.1, -0.05) is 25.4 Å². The molecule has 0 fully saturated rings. The van der Waals surface area contributed by atoms with E-state index in [-0.39, 0.29) is 16.5 Å². The lowest BCUT2D eigenvalue weighted by Gasteiger charge is -2.20. The van der Waals surface area contributed by atoms with E-state index in [1.807, 2.05) is 13.8 Å². The second-order valence-electron chi connectivity index (χ2n) is 4.36. The molecule has 96 valence electrons. The minimum Gasteiger partial charge on any atom is -0.398 e. The lowest BCUT2D eigenvalue weighted by atomic mass is 10.2. The van der Waals surface area contributed by atoms with Crippen molar-refractivity contribution in [1.29, 1.82) is 0 Å². The monoisotopic (exact) mass is 276 g/mol. The molecule has 6 heteroatoms. The maximum atomic E-state index is 12.2. The van der Waals surface area contributed by atoms with Gasteiger partial charge in [0.2, 0.25) is 10.0 Å². The topological polar surface area (TPSA) is 63.4 Å². The number of nitrogens with two attached hydrogens (primary N) is 1. The van der Waals surface area contributed by atoms with Crippen molar-refractivity contribution in [3.05, 3.63) is 23.2 Å². The quantitative estimate of drug-likeness (QED) is 0.858. The summed E-state index contributed by atoms with van der Waals surface area (Å²) in [7, 11) is -2.03. The molecule has 0 spiro atoms. The largest absolute Gasteiger partial charge is 0.398 e. The molecule has 1 aromatic rings. The van der Waals surface area contributed by atoms with E-state index in [2.05, 4.69) is 0 Å². The molecule has 0 amide bonds. The van der Waals surface area contributed by atoms with E-state index in [0.29, 0.717) is 11.6 Å². The number of rotatable bonds is 4. The van der Waals surface area contributed by atoms with Crippen LogP contribution in [0.15, 0.2) is 23.1 Å². The van der Waals surface area contributed by atoms with E-state index in [9.17, 15) is 8.42 Å². The minimum absolute atomic E-state index is 0.0631. The molecule has 0 aliphatic heterocycles. The number of nitrogens with zero attached hydrogens (tertiary/aromatic N) is 1. The highest BCUT2D eigenvalue weighted by molar-refractivity contribution is 7.89. The van der Waals surface area contributed by atoms with Crippen LogP contribution < -0.4 is 5.73 Å². The van der Waals surface area contributed by atoms with E-state index in [1.165, 1.54) is 23.5 Å². The Morgan fingerprint density at radius 3 is 2.53 bits per heavy atom. The summed E-state index contributed by atoms with van der Waals surface area (Å²) < 4.78 is 25.7. The molecule has 0 aliphatic rings. The first-order chi connectivity index (χ1) is 7.75.